The molecule has 0 fully saturated rings. The first-order chi connectivity index (χ1) is 9.56. The number of nitro groups is 1. The Morgan fingerprint density at radius 2 is 2.15 bits per heavy atom. The van der Waals surface area contributed by atoms with E-state index in [-0.39, 0.29) is 5.69 Å². The molecule has 0 saturated heterocycles. The molecule has 0 atom stereocenters. The normalized spacial score (nSPS) is 10.5. The lowest BCUT2D eigenvalue weighted by Gasteiger charge is -2.07. The standard InChI is InChI=1S/C14H14FN3O2/c1-10-3-2-4-17-14(10)9-16-8-11-5-12(15)7-13(6-11)18(19)20/h2-7,16H,8-9H2,1H3. The van der Waals surface area contributed by atoms with Crippen molar-refractivity contribution in [1.29, 1.82) is 0 Å². The SMILES string of the molecule is Cc1cccnc1CNCc1cc(F)cc([N+](=O)[O-])c1. The van der Waals surface area contributed by atoms with E-state index >= 15 is 0 Å². The van der Waals surface area contributed by atoms with Crippen molar-refractivity contribution in [3.05, 3.63) is 69.3 Å². The van der Waals surface area contributed by atoms with Gasteiger partial charge in [0.2, 0.25) is 0 Å². The van der Waals surface area contributed by atoms with Gasteiger partial charge in [-0.25, -0.2) is 4.39 Å². The Morgan fingerprint density at radius 1 is 1.35 bits per heavy atom. The van der Waals surface area contributed by atoms with E-state index in [0.29, 0.717) is 18.7 Å². The number of benzene rings is 1. The van der Waals surface area contributed by atoms with Gasteiger partial charge in [0.25, 0.3) is 5.69 Å². The largest absolute Gasteiger partial charge is 0.307 e. The number of nitro benzene ring substituents is 1. The minimum Gasteiger partial charge on any atom is -0.307 e. The topological polar surface area (TPSA) is 68.1 Å². The second-order valence-corrected chi connectivity index (χ2v) is 4.45. The molecule has 1 heterocycles. The maximum Gasteiger partial charge on any atom is 0.272 e. The summed E-state index contributed by atoms with van der Waals surface area (Å²) < 4.78 is 13.3. The minimum atomic E-state index is -0.606. The van der Waals surface area contributed by atoms with Crippen molar-refractivity contribution >= 4 is 5.69 Å². The highest BCUT2D eigenvalue weighted by molar-refractivity contribution is 5.35. The first-order valence-corrected chi connectivity index (χ1v) is 6.11. The summed E-state index contributed by atoms with van der Waals surface area (Å²) in [6, 6.07) is 7.37. The molecule has 20 heavy (non-hydrogen) atoms. The van der Waals surface area contributed by atoms with Crippen molar-refractivity contribution in [3.63, 3.8) is 0 Å². The number of aryl methyl sites for hydroxylation is 1. The van der Waals surface area contributed by atoms with Crippen molar-refractivity contribution in [3.8, 4) is 0 Å². The number of nitrogens with one attached hydrogen (secondary N) is 1. The van der Waals surface area contributed by atoms with Crippen LogP contribution in [0.4, 0.5) is 10.1 Å². The molecule has 0 aliphatic carbocycles. The van der Waals surface area contributed by atoms with E-state index in [4.69, 9.17) is 0 Å². The van der Waals surface area contributed by atoms with Crippen molar-refractivity contribution in [2.45, 2.75) is 20.0 Å². The Hall–Kier alpha value is -2.34. The van der Waals surface area contributed by atoms with Crippen molar-refractivity contribution in [2.75, 3.05) is 0 Å². The first-order valence-electron chi connectivity index (χ1n) is 6.11. The van der Waals surface area contributed by atoms with Gasteiger partial charge in [0.1, 0.15) is 5.82 Å². The van der Waals surface area contributed by atoms with Crippen LogP contribution in [0.5, 0.6) is 0 Å². The average Bonchev–Trinajstić information content (AvgIpc) is 2.40. The van der Waals surface area contributed by atoms with Crippen LogP contribution in [0.1, 0.15) is 16.8 Å². The Kier molecular flexibility index (Phi) is 4.37. The molecule has 6 heteroatoms. The lowest BCUT2D eigenvalue weighted by molar-refractivity contribution is -0.385. The number of hydrogen-bond acceptors (Lipinski definition) is 4. The lowest BCUT2D eigenvalue weighted by Crippen LogP contribution is -2.14. The van der Waals surface area contributed by atoms with Crippen LogP contribution >= 0.6 is 0 Å². The fourth-order valence-corrected chi connectivity index (χ4v) is 1.87. The number of hydrogen-bond donors (Lipinski definition) is 1. The number of non-ortho nitro benzene ring substituents is 1. The summed E-state index contributed by atoms with van der Waals surface area (Å²) in [6.07, 6.45) is 1.71. The van der Waals surface area contributed by atoms with Crippen molar-refractivity contribution in [1.82, 2.24) is 10.3 Å². The predicted molar refractivity (Wildman–Crippen MR) is 72.6 cm³/mol. The van der Waals surface area contributed by atoms with Gasteiger partial charge >= 0.3 is 0 Å². The Bertz CT molecular complexity index is 632. The number of rotatable bonds is 5. The third-order valence-electron chi connectivity index (χ3n) is 2.89. The highest BCUT2D eigenvalue weighted by Gasteiger charge is 2.09. The molecule has 0 spiro atoms. The smallest absolute Gasteiger partial charge is 0.272 e. The molecule has 0 aliphatic rings. The molecule has 2 aromatic rings. The summed E-state index contributed by atoms with van der Waals surface area (Å²) >= 11 is 0. The average molecular weight is 275 g/mol. The third-order valence-corrected chi connectivity index (χ3v) is 2.89. The molecule has 0 bridgehead atoms. The minimum absolute atomic E-state index is 0.240. The van der Waals surface area contributed by atoms with E-state index in [1.54, 1.807) is 6.20 Å². The Labute approximate surface area is 115 Å². The zero-order chi connectivity index (χ0) is 14.5. The molecular weight excluding hydrogens is 261 g/mol. The molecule has 1 N–H and O–H groups in total. The zero-order valence-electron chi connectivity index (χ0n) is 11.0. The van der Waals surface area contributed by atoms with Crippen LogP contribution in [0.25, 0.3) is 0 Å². The van der Waals surface area contributed by atoms with Gasteiger partial charge < -0.3 is 5.32 Å². The van der Waals surface area contributed by atoms with E-state index in [0.717, 1.165) is 17.3 Å². The maximum atomic E-state index is 13.3. The highest BCUT2D eigenvalue weighted by Crippen LogP contribution is 2.16. The highest BCUT2D eigenvalue weighted by atomic mass is 19.1. The molecule has 0 saturated carbocycles. The van der Waals surface area contributed by atoms with Gasteiger partial charge in [-0.05, 0) is 30.2 Å². The van der Waals surface area contributed by atoms with Gasteiger partial charge in [0, 0.05) is 25.4 Å². The quantitative estimate of drug-likeness (QED) is 0.673. The maximum absolute atomic E-state index is 13.3. The molecule has 0 amide bonds. The second-order valence-electron chi connectivity index (χ2n) is 4.45. The lowest BCUT2D eigenvalue weighted by atomic mass is 10.2. The molecule has 1 aromatic heterocycles. The molecule has 0 unspecified atom stereocenters. The Morgan fingerprint density at radius 3 is 2.85 bits per heavy atom. The van der Waals surface area contributed by atoms with Crippen molar-refractivity contribution < 1.29 is 9.31 Å². The van der Waals surface area contributed by atoms with Crippen molar-refractivity contribution in [2.24, 2.45) is 0 Å². The van der Waals surface area contributed by atoms with Gasteiger partial charge in [-0.2, -0.15) is 0 Å². The summed E-state index contributed by atoms with van der Waals surface area (Å²) in [4.78, 5) is 14.3. The van der Waals surface area contributed by atoms with Gasteiger partial charge in [-0.1, -0.05) is 6.07 Å². The fraction of sp³-hybridized carbons (Fsp3) is 0.214. The Balaban J connectivity index is 2.01. The summed E-state index contributed by atoms with van der Waals surface area (Å²) in [5, 5.41) is 13.8. The number of aromatic nitrogens is 1. The van der Waals surface area contributed by atoms with Crippen LogP contribution in [-0.4, -0.2) is 9.91 Å². The first kappa shape index (κ1) is 14.1. The molecule has 2 rings (SSSR count). The summed E-state index contributed by atoms with van der Waals surface area (Å²) in [5.41, 5.74) is 2.25. The van der Waals surface area contributed by atoms with E-state index in [9.17, 15) is 14.5 Å². The number of pyridine rings is 1. The van der Waals surface area contributed by atoms with Crippen LogP contribution in [0, 0.1) is 22.9 Å². The van der Waals surface area contributed by atoms with Crippen LogP contribution in [0.3, 0.4) is 0 Å². The van der Waals surface area contributed by atoms with E-state index in [1.807, 2.05) is 19.1 Å². The van der Waals surface area contributed by atoms with E-state index in [2.05, 4.69) is 10.3 Å². The van der Waals surface area contributed by atoms with Gasteiger partial charge in [0.15, 0.2) is 0 Å². The molecular formula is C14H14FN3O2. The monoisotopic (exact) mass is 275 g/mol. The summed E-state index contributed by atoms with van der Waals surface area (Å²) in [7, 11) is 0. The van der Waals surface area contributed by atoms with Gasteiger partial charge in [-0.15, -0.1) is 0 Å². The van der Waals surface area contributed by atoms with Gasteiger partial charge in [0.05, 0.1) is 16.7 Å². The molecule has 0 aliphatic heterocycles. The molecule has 104 valence electrons. The molecule has 0 radical (unpaired) electrons. The van der Waals surface area contributed by atoms with E-state index in [1.165, 1.54) is 12.1 Å². The van der Waals surface area contributed by atoms with Crippen LogP contribution in [-0.2, 0) is 13.1 Å². The molecule has 5 nitrogen and oxygen atoms in total. The number of halogens is 1. The predicted octanol–water partition coefficient (Wildman–Crippen LogP) is 2.73. The summed E-state index contributed by atoms with van der Waals surface area (Å²) in [5.74, 6) is -0.606. The molecule has 1 aromatic carbocycles. The zero-order valence-corrected chi connectivity index (χ0v) is 11.0. The van der Waals surface area contributed by atoms with Gasteiger partial charge in [-0.3, -0.25) is 15.1 Å². The second kappa shape index (κ2) is 6.21. The van der Waals surface area contributed by atoms with Crippen LogP contribution in [0.2, 0.25) is 0 Å². The summed E-state index contributed by atoms with van der Waals surface area (Å²) in [6.45, 7) is 2.82. The number of nitrogens with zero attached hydrogens (tertiary/aromatic N) is 2. The fourth-order valence-electron chi connectivity index (χ4n) is 1.87. The van der Waals surface area contributed by atoms with E-state index < -0.39 is 10.7 Å². The van der Waals surface area contributed by atoms with Crippen LogP contribution < -0.4 is 5.32 Å². The van der Waals surface area contributed by atoms with Crippen LogP contribution in [0.15, 0.2) is 36.5 Å². The third kappa shape index (κ3) is 3.58.